The van der Waals surface area contributed by atoms with E-state index in [0.717, 1.165) is 0 Å². The second-order valence-corrected chi connectivity index (χ2v) is 3.99. The molecule has 1 amide bonds. The highest BCUT2D eigenvalue weighted by molar-refractivity contribution is 5.86. The first kappa shape index (κ1) is 16.2. The molecule has 0 bridgehead atoms. The molecule has 0 fully saturated rings. The third-order valence-electron chi connectivity index (χ3n) is 2.22. The summed E-state index contributed by atoms with van der Waals surface area (Å²) in [4.78, 5) is 26.0. The van der Waals surface area contributed by atoms with E-state index >= 15 is 0 Å². The molecule has 0 aliphatic heterocycles. The monoisotopic (exact) mass is 259 g/mol. The second-order valence-electron chi connectivity index (χ2n) is 3.99. The molecule has 0 saturated carbocycles. The fourth-order valence-corrected chi connectivity index (χ4v) is 1.23. The Bertz CT molecular complexity index is 313. The van der Waals surface area contributed by atoms with Crippen molar-refractivity contribution < 1.29 is 14.7 Å². The first-order valence-electron chi connectivity index (χ1n) is 5.68. The summed E-state index contributed by atoms with van der Waals surface area (Å²) in [6.07, 6.45) is 1.55. The molecule has 8 N–H and O–H groups in total. The van der Waals surface area contributed by atoms with Crippen LogP contribution in [0.4, 0.5) is 0 Å². The third-order valence-corrected chi connectivity index (χ3v) is 2.22. The summed E-state index contributed by atoms with van der Waals surface area (Å²) < 4.78 is 0. The van der Waals surface area contributed by atoms with Crippen LogP contribution in [0.3, 0.4) is 0 Å². The van der Waals surface area contributed by atoms with Crippen molar-refractivity contribution in [3.63, 3.8) is 0 Å². The van der Waals surface area contributed by atoms with Gasteiger partial charge in [0.1, 0.15) is 6.04 Å². The lowest BCUT2D eigenvalue weighted by atomic mass is 10.1. The molecule has 0 spiro atoms. The number of aliphatic carboxylic acids is 1. The zero-order valence-corrected chi connectivity index (χ0v) is 10.4. The second kappa shape index (κ2) is 8.29. The number of amides is 1. The Morgan fingerprint density at radius 3 is 2.39 bits per heavy atom. The Labute approximate surface area is 106 Å². The number of carboxylic acids is 1. The molecular weight excluding hydrogens is 238 g/mol. The van der Waals surface area contributed by atoms with Crippen LogP contribution < -0.4 is 22.5 Å². The molecule has 0 aromatic heterocycles. The number of carboxylic acid groups (broad SMARTS) is 1. The van der Waals surface area contributed by atoms with E-state index in [1.165, 1.54) is 6.92 Å². The zero-order chi connectivity index (χ0) is 14.1. The highest BCUT2D eigenvalue weighted by Gasteiger charge is 2.20. The van der Waals surface area contributed by atoms with Gasteiger partial charge in [-0.3, -0.25) is 9.79 Å². The average molecular weight is 259 g/mol. The minimum absolute atomic E-state index is 0.00930. The number of hydrogen-bond acceptors (Lipinski definition) is 4. The van der Waals surface area contributed by atoms with Crippen molar-refractivity contribution in [1.82, 2.24) is 5.32 Å². The molecule has 0 rings (SSSR count). The Kier molecular flexibility index (Phi) is 7.45. The molecule has 0 unspecified atom stereocenters. The number of nitrogens with two attached hydrogens (primary N) is 3. The maximum absolute atomic E-state index is 11.3. The largest absolute Gasteiger partial charge is 0.480 e. The van der Waals surface area contributed by atoms with E-state index in [-0.39, 0.29) is 5.96 Å². The van der Waals surface area contributed by atoms with E-state index in [1.807, 2.05) is 0 Å². The average Bonchev–Trinajstić information content (AvgIpc) is 2.25. The molecule has 18 heavy (non-hydrogen) atoms. The van der Waals surface area contributed by atoms with Crippen LogP contribution in [-0.2, 0) is 9.59 Å². The van der Waals surface area contributed by atoms with Gasteiger partial charge >= 0.3 is 5.97 Å². The normalized spacial score (nSPS) is 13.4. The van der Waals surface area contributed by atoms with Crippen molar-refractivity contribution in [1.29, 1.82) is 0 Å². The number of carbonyl (C=O) groups is 2. The van der Waals surface area contributed by atoms with Gasteiger partial charge in [0.05, 0.1) is 6.04 Å². The SMILES string of the molecule is C[C@H](N)C(=O)N[C@@H](CCCCN=C(N)N)C(=O)O. The Morgan fingerprint density at radius 2 is 1.94 bits per heavy atom. The Balaban J connectivity index is 4.02. The fourth-order valence-electron chi connectivity index (χ4n) is 1.23. The highest BCUT2D eigenvalue weighted by Crippen LogP contribution is 2.02. The lowest BCUT2D eigenvalue weighted by Crippen LogP contribution is -2.47. The van der Waals surface area contributed by atoms with E-state index in [9.17, 15) is 9.59 Å². The van der Waals surface area contributed by atoms with E-state index in [1.54, 1.807) is 0 Å². The smallest absolute Gasteiger partial charge is 0.326 e. The number of aliphatic imine (C=N–C) groups is 1. The van der Waals surface area contributed by atoms with Gasteiger partial charge in [-0.25, -0.2) is 4.79 Å². The van der Waals surface area contributed by atoms with Gasteiger partial charge in [0, 0.05) is 6.54 Å². The van der Waals surface area contributed by atoms with Crippen LogP contribution in [-0.4, -0.2) is 41.6 Å². The van der Waals surface area contributed by atoms with Crippen LogP contribution >= 0.6 is 0 Å². The molecule has 0 heterocycles. The van der Waals surface area contributed by atoms with Gasteiger partial charge in [0.25, 0.3) is 0 Å². The summed E-state index contributed by atoms with van der Waals surface area (Å²) >= 11 is 0. The van der Waals surface area contributed by atoms with Crippen LogP contribution in [0, 0.1) is 0 Å². The lowest BCUT2D eigenvalue weighted by molar-refractivity contribution is -0.142. The zero-order valence-electron chi connectivity index (χ0n) is 10.4. The molecular formula is C10H21N5O3. The van der Waals surface area contributed by atoms with Gasteiger partial charge in [-0.1, -0.05) is 0 Å². The molecule has 0 aromatic carbocycles. The topological polar surface area (TPSA) is 157 Å². The maximum atomic E-state index is 11.3. The summed E-state index contributed by atoms with van der Waals surface area (Å²) in [5, 5.41) is 11.3. The quantitative estimate of drug-likeness (QED) is 0.199. The summed E-state index contributed by atoms with van der Waals surface area (Å²) in [6.45, 7) is 1.93. The summed E-state index contributed by atoms with van der Waals surface area (Å²) in [5.41, 5.74) is 15.6. The standard InChI is InChI=1S/C10H21N5O3/c1-6(11)8(16)15-7(9(17)18)4-2-3-5-14-10(12)13/h6-7H,2-5,11H2,1H3,(H,15,16)(H,17,18)(H4,12,13,14)/t6-,7-/m0/s1. The maximum Gasteiger partial charge on any atom is 0.326 e. The lowest BCUT2D eigenvalue weighted by Gasteiger charge is -2.15. The molecule has 104 valence electrons. The molecule has 0 aromatic rings. The molecule has 0 aliphatic carbocycles. The predicted molar refractivity (Wildman–Crippen MR) is 67.7 cm³/mol. The highest BCUT2D eigenvalue weighted by atomic mass is 16.4. The first-order valence-corrected chi connectivity index (χ1v) is 5.68. The minimum Gasteiger partial charge on any atom is -0.480 e. The van der Waals surface area contributed by atoms with Crippen molar-refractivity contribution in [2.24, 2.45) is 22.2 Å². The predicted octanol–water partition coefficient (Wildman–Crippen LogP) is -1.65. The number of hydrogen-bond donors (Lipinski definition) is 5. The molecule has 0 aliphatic rings. The van der Waals surface area contributed by atoms with Gasteiger partial charge in [-0.2, -0.15) is 0 Å². The number of rotatable bonds is 8. The summed E-state index contributed by atoms with van der Waals surface area (Å²) in [7, 11) is 0. The Morgan fingerprint density at radius 1 is 1.33 bits per heavy atom. The molecule has 8 nitrogen and oxygen atoms in total. The van der Waals surface area contributed by atoms with E-state index in [4.69, 9.17) is 22.3 Å². The van der Waals surface area contributed by atoms with Gasteiger partial charge in [0.15, 0.2) is 5.96 Å². The summed E-state index contributed by atoms with van der Waals surface area (Å²) in [6, 6.07) is -1.66. The van der Waals surface area contributed by atoms with Crippen LogP contribution in [0.15, 0.2) is 4.99 Å². The van der Waals surface area contributed by atoms with Crippen LogP contribution in [0.1, 0.15) is 26.2 Å². The van der Waals surface area contributed by atoms with E-state index in [2.05, 4.69) is 10.3 Å². The van der Waals surface area contributed by atoms with Crippen LogP contribution in [0.25, 0.3) is 0 Å². The third kappa shape index (κ3) is 7.44. The van der Waals surface area contributed by atoms with Gasteiger partial charge in [-0.15, -0.1) is 0 Å². The number of nitrogens with zero attached hydrogens (tertiary/aromatic N) is 1. The van der Waals surface area contributed by atoms with Crippen LogP contribution in [0.2, 0.25) is 0 Å². The first-order chi connectivity index (χ1) is 8.34. The summed E-state index contributed by atoms with van der Waals surface area (Å²) in [5.74, 6) is -1.55. The molecule has 2 atom stereocenters. The number of guanidine groups is 1. The molecule has 8 heteroatoms. The van der Waals surface area contributed by atoms with Crippen LogP contribution in [0.5, 0.6) is 0 Å². The number of nitrogens with one attached hydrogen (secondary N) is 1. The number of carbonyl (C=O) groups excluding carboxylic acids is 1. The van der Waals surface area contributed by atoms with Gasteiger partial charge in [0.2, 0.25) is 5.91 Å². The van der Waals surface area contributed by atoms with Crippen molar-refractivity contribution in [2.45, 2.75) is 38.3 Å². The van der Waals surface area contributed by atoms with Crippen molar-refractivity contribution in [3.05, 3.63) is 0 Å². The van der Waals surface area contributed by atoms with Crippen molar-refractivity contribution in [3.8, 4) is 0 Å². The van der Waals surface area contributed by atoms with E-state index in [0.29, 0.717) is 25.8 Å². The Hall–Kier alpha value is -1.83. The minimum atomic E-state index is -1.08. The molecule has 0 saturated heterocycles. The van der Waals surface area contributed by atoms with Gasteiger partial charge in [-0.05, 0) is 26.2 Å². The fraction of sp³-hybridized carbons (Fsp3) is 0.700. The van der Waals surface area contributed by atoms with Crippen molar-refractivity contribution >= 4 is 17.8 Å². The number of unbranched alkanes of at least 4 members (excludes halogenated alkanes) is 1. The molecule has 0 radical (unpaired) electrons. The van der Waals surface area contributed by atoms with Crippen molar-refractivity contribution in [2.75, 3.05) is 6.54 Å². The van der Waals surface area contributed by atoms with E-state index < -0.39 is 24.0 Å². The van der Waals surface area contributed by atoms with Gasteiger partial charge < -0.3 is 27.6 Å².